The van der Waals surface area contributed by atoms with E-state index < -0.39 is 38.5 Å². The van der Waals surface area contributed by atoms with Gasteiger partial charge in [0.25, 0.3) is 0 Å². The fourth-order valence-corrected chi connectivity index (χ4v) is 11.3. The van der Waals surface area contributed by atoms with Gasteiger partial charge in [0.15, 0.2) is 0 Å². The molecule has 0 saturated carbocycles. The van der Waals surface area contributed by atoms with Crippen LogP contribution in [0.1, 0.15) is 92.1 Å². The van der Waals surface area contributed by atoms with Gasteiger partial charge in [0.2, 0.25) is 0 Å². The molecule has 0 spiro atoms. The Morgan fingerprint density at radius 1 is 0.746 bits per heavy atom. The van der Waals surface area contributed by atoms with Crippen LogP contribution >= 0.6 is 11.3 Å². The SMILES string of the molecule is [2H]C(C)(C)c1cc[c-]c(-c2cc(C([2H])(C)C)c([Si](C)(C)c3ccccc3)cn2)c1.[2H]C([2H])([2H])c1cnc(-c2[c-]ccc3c2sc2cc(-c4ccccc4)ccc23)cc1C([2H])([2H])C(C)(C)C.[Ir]. The largest absolute Gasteiger partial charge is 0.305 e. The minimum absolute atomic E-state index is 0. The first kappa shape index (κ1) is 35.3. The summed E-state index contributed by atoms with van der Waals surface area (Å²) in [5.41, 5.74) is 6.49. The zero-order valence-corrected chi connectivity index (χ0v) is 39.5. The Hall–Kier alpha value is -4.51. The second kappa shape index (κ2) is 18.4. The summed E-state index contributed by atoms with van der Waals surface area (Å²) < 4.78 is 60.9. The summed E-state index contributed by atoms with van der Waals surface area (Å²) in [7, 11) is -2.00. The van der Waals surface area contributed by atoms with E-state index in [0.717, 1.165) is 59.2 Å². The maximum atomic E-state index is 8.84. The molecule has 0 bridgehead atoms. The van der Waals surface area contributed by atoms with Gasteiger partial charge in [0.1, 0.15) is 8.07 Å². The molecule has 59 heavy (non-hydrogen) atoms. The van der Waals surface area contributed by atoms with E-state index in [2.05, 4.69) is 90.9 Å². The Morgan fingerprint density at radius 2 is 1.44 bits per heavy atom. The van der Waals surface area contributed by atoms with Crippen molar-refractivity contribution in [2.24, 2.45) is 5.41 Å². The van der Waals surface area contributed by atoms with Gasteiger partial charge in [0.05, 0.1) is 0 Å². The van der Waals surface area contributed by atoms with Crippen LogP contribution in [0.25, 0.3) is 53.8 Å². The van der Waals surface area contributed by atoms with Gasteiger partial charge in [-0.25, -0.2) is 0 Å². The van der Waals surface area contributed by atoms with E-state index in [4.69, 9.17) is 14.6 Å². The van der Waals surface area contributed by atoms with Crippen molar-refractivity contribution in [3.63, 3.8) is 0 Å². The summed E-state index contributed by atoms with van der Waals surface area (Å²) in [6.07, 6.45) is 1.41. The fourth-order valence-electron chi connectivity index (χ4n) is 7.29. The third kappa shape index (κ3) is 9.93. The van der Waals surface area contributed by atoms with Crippen LogP contribution < -0.4 is 10.4 Å². The van der Waals surface area contributed by atoms with E-state index >= 15 is 0 Å². The van der Waals surface area contributed by atoms with Crippen molar-refractivity contribution >= 4 is 50.0 Å². The quantitative estimate of drug-likeness (QED) is 0.112. The molecule has 0 fully saturated rings. The summed E-state index contributed by atoms with van der Waals surface area (Å²) in [6, 6.07) is 47.2. The van der Waals surface area contributed by atoms with Gasteiger partial charge in [-0.3, -0.25) is 0 Å². The predicted octanol–water partition coefficient (Wildman–Crippen LogP) is 14.1. The molecule has 5 heteroatoms. The molecule has 0 amide bonds. The van der Waals surface area contributed by atoms with E-state index in [1.165, 1.54) is 16.6 Å². The molecule has 0 aliphatic rings. The van der Waals surface area contributed by atoms with Crippen molar-refractivity contribution in [2.45, 2.75) is 86.6 Å². The van der Waals surface area contributed by atoms with Crippen LogP contribution in [0.5, 0.6) is 0 Å². The van der Waals surface area contributed by atoms with Crippen LogP contribution in [0, 0.1) is 24.4 Å². The van der Waals surface area contributed by atoms with Gasteiger partial charge in [0, 0.05) is 46.8 Å². The molecule has 3 heterocycles. The standard InChI is InChI=1S/C29H26NS.C25H30NSi.Ir/c1-19-18-30-26(15-22(19)17-29(2,3)4)25-12-8-11-24-23-14-13-21(16-27(23)31-28(24)25)20-9-6-5-7-10-20;1-18(2)20-11-10-12-21(15-20)24-16-23(19(3)4)25(17-26-24)27(5,6)22-13-8-7-9-14-22;/h5-11,13-16,18H,17H2,1-4H3;7-11,13-19H,1-6H3;/q2*-1;/i1D3,17D2;18D,19D;. The smallest absolute Gasteiger partial charge is 0.114 e. The van der Waals surface area contributed by atoms with Gasteiger partial charge < -0.3 is 9.97 Å². The molecule has 2 nitrogen and oxygen atoms in total. The van der Waals surface area contributed by atoms with Gasteiger partial charge >= 0.3 is 0 Å². The van der Waals surface area contributed by atoms with Gasteiger partial charge in [-0.1, -0.05) is 168 Å². The molecule has 0 unspecified atom stereocenters. The van der Waals surface area contributed by atoms with Gasteiger partial charge in [-0.15, -0.1) is 59.2 Å². The molecule has 0 saturated heterocycles. The Morgan fingerprint density at radius 3 is 2.12 bits per heavy atom. The number of hydrogen-bond donors (Lipinski definition) is 0. The Balaban J connectivity index is 0.000000220. The first-order valence-electron chi connectivity index (χ1n) is 23.3. The molecule has 303 valence electrons. The summed E-state index contributed by atoms with van der Waals surface area (Å²) in [6.45, 7) is 15.2. The fraction of sp³-hybridized carbons (Fsp3) is 0.259. The predicted molar refractivity (Wildman–Crippen MR) is 255 cm³/mol. The Labute approximate surface area is 381 Å². The van der Waals surface area contributed by atoms with E-state index in [9.17, 15) is 0 Å². The van der Waals surface area contributed by atoms with Crippen LogP contribution in [0.2, 0.25) is 13.1 Å². The summed E-state index contributed by atoms with van der Waals surface area (Å²) in [5.74, 6) is -1.41. The van der Waals surface area contributed by atoms with Crippen molar-refractivity contribution in [1.82, 2.24) is 9.97 Å². The zero-order valence-electron chi connectivity index (χ0n) is 42.3. The molecule has 1 radical (unpaired) electrons. The average molecular weight is 992 g/mol. The molecule has 8 aromatic rings. The van der Waals surface area contributed by atoms with Crippen LogP contribution in [0.15, 0.2) is 134 Å². The van der Waals surface area contributed by atoms with Crippen LogP contribution in [-0.4, -0.2) is 18.0 Å². The summed E-state index contributed by atoms with van der Waals surface area (Å²) in [5, 5.41) is 4.74. The molecular formula is C54H56IrN2SSi-2. The topological polar surface area (TPSA) is 25.8 Å². The maximum absolute atomic E-state index is 8.84. The van der Waals surface area contributed by atoms with E-state index in [-0.39, 0.29) is 31.2 Å². The average Bonchev–Trinajstić information content (AvgIpc) is 3.64. The van der Waals surface area contributed by atoms with Crippen molar-refractivity contribution in [1.29, 1.82) is 0 Å². The minimum atomic E-state index is -2.47. The van der Waals surface area contributed by atoms with Gasteiger partial charge in [-0.05, 0) is 79.8 Å². The second-order valence-corrected chi connectivity index (χ2v) is 22.3. The Bertz CT molecular complexity index is 2980. The molecule has 0 aliphatic carbocycles. The number of aryl methyl sites for hydroxylation is 1. The van der Waals surface area contributed by atoms with Crippen molar-refractivity contribution in [3.8, 4) is 33.6 Å². The summed E-state index contributed by atoms with van der Waals surface area (Å²) >= 11 is 1.64. The van der Waals surface area contributed by atoms with E-state index in [1.807, 2.05) is 88.5 Å². The normalized spacial score (nSPS) is 14.4. The first-order chi connectivity index (χ1) is 30.3. The third-order valence-corrected chi connectivity index (χ3v) is 15.2. The number of fused-ring (bicyclic) bond motifs is 3. The summed E-state index contributed by atoms with van der Waals surface area (Å²) in [4.78, 5) is 9.30. The van der Waals surface area contributed by atoms with Gasteiger partial charge in [-0.2, -0.15) is 11.3 Å². The number of thiophene rings is 1. The van der Waals surface area contributed by atoms with E-state index in [0.29, 0.717) is 5.69 Å². The Kier molecular flexibility index (Phi) is 11.0. The number of hydrogen-bond acceptors (Lipinski definition) is 3. The number of aromatic nitrogens is 2. The second-order valence-electron chi connectivity index (χ2n) is 16.9. The molecular weight excluding hydrogens is 929 g/mol. The van der Waals surface area contributed by atoms with Crippen molar-refractivity contribution in [3.05, 3.63) is 168 Å². The molecule has 5 aromatic carbocycles. The van der Waals surface area contributed by atoms with Crippen LogP contribution in [-0.2, 0) is 26.5 Å². The van der Waals surface area contributed by atoms with E-state index in [1.54, 1.807) is 38.2 Å². The molecule has 0 atom stereocenters. The molecule has 3 aromatic heterocycles. The molecule has 8 rings (SSSR count). The maximum Gasteiger partial charge on any atom is 0.114 e. The number of benzene rings is 5. The third-order valence-electron chi connectivity index (χ3n) is 10.5. The minimum Gasteiger partial charge on any atom is -0.305 e. The van der Waals surface area contributed by atoms with Crippen LogP contribution in [0.4, 0.5) is 0 Å². The van der Waals surface area contributed by atoms with Crippen molar-refractivity contribution < 1.29 is 29.7 Å². The molecule has 0 N–H and O–H groups in total. The monoisotopic (exact) mass is 992 g/mol. The van der Waals surface area contributed by atoms with Crippen LogP contribution in [0.3, 0.4) is 0 Å². The number of pyridine rings is 2. The van der Waals surface area contributed by atoms with Crippen molar-refractivity contribution in [2.75, 3.05) is 0 Å². The molecule has 0 aliphatic heterocycles. The zero-order chi connectivity index (χ0) is 47.3. The number of rotatable bonds is 8. The first-order valence-corrected chi connectivity index (χ1v) is 23.6. The number of nitrogens with zero attached hydrogens (tertiary/aromatic N) is 2.